The summed E-state index contributed by atoms with van der Waals surface area (Å²) in [4.78, 5) is 11.8. The third-order valence-electron chi connectivity index (χ3n) is 3.54. The van der Waals surface area contributed by atoms with E-state index in [0.717, 1.165) is 31.4 Å². The molecule has 1 N–H and O–H groups in total. The highest BCUT2D eigenvalue weighted by Gasteiger charge is 2.26. The van der Waals surface area contributed by atoms with Gasteiger partial charge in [0.1, 0.15) is 10.7 Å². The van der Waals surface area contributed by atoms with Crippen LogP contribution in [-0.2, 0) is 9.05 Å². The summed E-state index contributed by atoms with van der Waals surface area (Å²) < 4.78 is 36.3. The second kappa shape index (κ2) is 6.22. The van der Waals surface area contributed by atoms with Gasteiger partial charge >= 0.3 is 0 Å². The number of amides is 1. The Kier molecular flexibility index (Phi) is 4.95. The van der Waals surface area contributed by atoms with E-state index < -0.39 is 25.7 Å². The molecule has 0 aromatic heterocycles. The quantitative estimate of drug-likeness (QED) is 0.793. The highest BCUT2D eigenvalue weighted by Crippen LogP contribution is 2.30. The zero-order valence-corrected chi connectivity index (χ0v) is 14.4. The van der Waals surface area contributed by atoms with Crippen LogP contribution in [0.5, 0.6) is 0 Å². The fraction of sp³-hybridized carbons (Fsp3) is 0.462. The molecule has 0 heterocycles. The number of benzene rings is 1. The number of carbonyl (C=O) groups is 1. The molecule has 2 unspecified atom stereocenters. The molecule has 4 nitrogen and oxygen atoms in total. The summed E-state index contributed by atoms with van der Waals surface area (Å²) in [6, 6.07) is 1.79. The van der Waals surface area contributed by atoms with Gasteiger partial charge < -0.3 is 5.32 Å². The summed E-state index contributed by atoms with van der Waals surface area (Å²) >= 11 is 3.02. The first kappa shape index (κ1) is 16.7. The largest absolute Gasteiger partial charge is 0.349 e. The summed E-state index contributed by atoms with van der Waals surface area (Å²) in [5, 5.41) is 2.80. The molecule has 8 heteroatoms. The van der Waals surface area contributed by atoms with Crippen molar-refractivity contribution in [3.05, 3.63) is 28.0 Å². The Balaban J connectivity index is 2.31. The minimum Gasteiger partial charge on any atom is -0.349 e. The van der Waals surface area contributed by atoms with Gasteiger partial charge in [0.2, 0.25) is 0 Å². The smallest absolute Gasteiger partial charge is 0.262 e. The van der Waals surface area contributed by atoms with E-state index >= 15 is 0 Å². The monoisotopic (exact) mass is 397 g/mol. The molecule has 0 spiro atoms. The Labute approximate surface area is 135 Å². The Morgan fingerprint density at radius 1 is 1.43 bits per heavy atom. The van der Waals surface area contributed by atoms with Crippen LogP contribution in [-0.4, -0.2) is 20.4 Å². The van der Waals surface area contributed by atoms with Gasteiger partial charge in [-0.1, -0.05) is 6.92 Å². The molecule has 2 atom stereocenters. The van der Waals surface area contributed by atoms with Gasteiger partial charge in [-0.25, -0.2) is 12.8 Å². The summed E-state index contributed by atoms with van der Waals surface area (Å²) in [5.41, 5.74) is -0.0752. The maximum atomic E-state index is 13.6. The molecule has 1 aliphatic rings. The molecule has 1 saturated carbocycles. The summed E-state index contributed by atoms with van der Waals surface area (Å²) in [7, 11) is 1.10. The molecule has 0 saturated heterocycles. The summed E-state index contributed by atoms with van der Waals surface area (Å²) in [6.07, 6.45) is 2.75. The van der Waals surface area contributed by atoms with Crippen LogP contribution in [0.3, 0.4) is 0 Å². The Morgan fingerprint density at radius 3 is 2.62 bits per heavy atom. The molecular weight excluding hydrogens is 385 g/mol. The molecule has 0 aliphatic heterocycles. The average Bonchev–Trinajstić information content (AvgIpc) is 2.75. The first-order chi connectivity index (χ1) is 9.68. The zero-order valence-electron chi connectivity index (χ0n) is 11.2. The first-order valence-electron chi connectivity index (χ1n) is 6.43. The van der Waals surface area contributed by atoms with Crippen LogP contribution in [0.15, 0.2) is 21.5 Å². The first-order valence-corrected chi connectivity index (χ1v) is 9.53. The second-order valence-corrected chi connectivity index (χ2v) is 8.62. The van der Waals surface area contributed by atoms with Crippen molar-refractivity contribution >= 4 is 41.6 Å². The predicted octanol–water partition coefficient (Wildman–Crippen LogP) is 3.43. The van der Waals surface area contributed by atoms with Crippen LogP contribution in [0.1, 0.15) is 36.5 Å². The van der Waals surface area contributed by atoms with E-state index in [9.17, 15) is 17.6 Å². The summed E-state index contributed by atoms with van der Waals surface area (Å²) in [5.74, 6) is -0.811. The molecule has 1 aliphatic carbocycles. The maximum absolute atomic E-state index is 13.6. The van der Waals surface area contributed by atoms with Crippen molar-refractivity contribution in [3.63, 3.8) is 0 Å². The van der Waals surface area contributed by atoms with Gasteiger partial charge in [-0.3, -0.25) is 4.79 Å². The molecule has 1 aromatic carbocycles. The molecule has 1 amide bonds. The van der Waals surface area contributed by atoms with Crippen molar-refractivity contribution in [1.29, 1.82) is 0 Å². The van der Waals surface area contributed by atoms with Crippen molar-refractivity contribution < 1.29 is 17.6 Å². The molecule has 1 aromatic rings. The van der Waals surface area contributed by atoms with Crippen LogP contribution in [0, 0.1) is 11.7 Å². The second-order valence-electron chi connectivity index (χ2n) is 5.29. The van der Waals surface area contributed by atoms with Gasteiger partial charge in [-0.2, -0.15) is 0 Å². The molecule has 21 heavy (non-hydrogen) atoms. The number of hydrogen-bond acceptors (Lipinski definition) is 3. The zero-order chi connectivity index (χ0) is 15.8. The minimum absolute atomic E-state index is 0.0255. The van der Waals surface area contributed by atoms with Crippen LogP contribution in [0.4, 0.5) is 4.39 Å². The highest BCUT2D eigenvalue weighted by atomic mass is 79.9. The van der Waals surface area contributed by atoms with Crippen LogP contribution in [0.25, 0.3) is 0 Å². The lowest BCUT2D eigenvalue weighted by atomic mass is 10.1. The normalized spacial score (nSPS) is 22.3. The fourth-order valence-corrected chi connectivity index (χ4v) is 4.78. The molecular formula is C13H14BrClFNO3S. The SMILES string of the molecule is CC1CCC(NC(=O)c2cc(F)cc(S(=O)(=O)Cl)c2Br)C1. The molecule has 0 bridgehead atoms. The molecule has 1 fully saturated rings. The lowest BCUT2D eigenvalue weighted by Gasteiger charge is -2.14. The van der Waals surface area contributed by atoms with E-state index in [0.29, 0.717) is 5.92 Å². The molecule has 116 valence electrons. The van der Waals surface area contributed by atoms with Crippen molar-refractivity contribution in [1.82, 2.24) is 5.32 Å². The van der Waals surface area contributed by atoms with Gasteiger partial charge in [0, 0.05) is 16.7 Å². The summed E-state index contributed by atoms with van der Waals surface area (Å²) in [6.45, 7) is 2.10. The van der Waals surface area contributed by atoms with Gasteiger partial charge in [0.15, 0.2) is 0 Å². The number of carbonyl (C=O) groups excluding carboxylic acids is 1. The van der Waals surface area contributed by atoms with Gasteiger partial charge in [0.05, 0.1) is 10.0 Å². The Morgan fingerprint density at radius 2 is 2.10 bits per heavy atom. The van der Waals surface area contributed by atoms with Crippen molar-refractivity contribution in [2.75, 3.05) is 0 Å². The third-order valence-corrected chi connectivity index (χ3v) is 6.00. The number of halogens is 3. The highest BCUT2D eigenvalue weighted by molar-refractivity contribution is 9.10. The Bertz CT molecular complexity index is 680. The number of hydrogen-bond donors (Lipinski definition) is 1. The number of rotatable bonds is 3. The van der Waals surface area contributed by atoms with E-state index in [1.165, 1.54) is 0 Å². The number of nitrogens with one attached hydrogen (secondary N) is 1. The van der Waals surface area contributed by atoms with Gasteiger partial charge in [-0.15, -0.1) is 0 Å². The average molecular weight is 399 g/mol. The van der Waals surface area contributed by atoms with E-state index in [4.69, 9.17) is 10.7 Å². The predicted molar refractivity (Wildman–Crippen MR) is 81.4 cm³/mol. The van der Waals surface area contributed by atoms with Crippen LogP contribution >= 0.6 is 26.6 Å². The molecule has 2 rings (SSSR count). The van der Waals surface area contributed by atoms with Crippen molar-refractivity contribution in [2.45, 2.75) is 37.1 Å². The topological polar surface area (TPSA) is 63.2 Å². The Hall–Kier alpha value is -0.660. The van der Waals surface area contributed by atoms with E-state index in [2.05, 4.69) is 28.2 Å². The van der Waals surface area contributed by atoms with Crippen molar-refractivity contribution in [3.8, 4) is 0 Å². The van der Waals surface area contributed by atoms with Gasteiger partial charge in [-0.05, 0) is 53.2 Å². The maximum Gasteiger partial charge on any atom is 0.262 e. The van der Waals surface area contributed by atoms with Crippen LogP contribution in [0.2, 0.25) is 0 Å². The minimum atomic E-state index is -4.14. The van der Waals surface area contributed by atoms with E-state index in [-0.39, 0.29) is 16.1 Å². The lowest BCUT2D eigenvalue weighted by Crippen LogP contribution is -2.33. The van der Waals surface area contributed by atoms with Crippen molar-refractivity contribution in [2.24, 2.45) is 5.92 Å². The standard InChI is InChI=1S/C13H14BrClFNO3S/c1-7-2-3-9(4-7)17-13(18)10-5-8(16)6-11(12(10)14)21(15,19)20/h5-7,9H,2-4H2,1H3,(H,17,18). The van der Waals surface area contributed by atoms with Gasteiger partial charge in [0.25, 0.3) is 15.0 Å². The van der Waals surface area contributed by atoms with E-state index in [1.807, 2.05) is 0 Å². The fourth-order valence-electron chi connectivity index (χ4n) is 2.51. The van der Waals surface area contributed by atoms with Crippen LogP contribution < -0.4 is 5.32 Å². The third kappa shape index (κ3) is 3.96. The van der Waals surface area contributed by atoms with E-state index in [1.54, 1.807) is 0 Å². The molecule has 0 radical (unpaired) electrons. The lowest BCUT2D eigenvalue weighted by molar-refractivity contribution is 0.0935.